The van der Waals surface area contributed by atoms with Crippen molar-refractivity contribution in [2.75, 3.05) is 11.4 Å². The summed E-state index contributed by atoms with van der Waals surface area (Å²) in [6.07, 6.45) is 3.77. The molecule has 126 valence electrons. The second-order valence-electron chi connectivity index (χ2n) is 6.32. The van der Waals surface area contributed by atoms with Gasteiger partial charge in [-0.25, -0.2) is 4.68 Å². The van der Waals surface area contributed by atoms with Gasteiger partial charge < -0.3 is 4.90 Å². The van der Waals surface area contributed by atoms with Crippen LogP contribution in [0.15, 0.2) is 54.7 Å². The van der Waals surface area contributed by atoms with Crippen molar-refractivity contribution in [1.82, 2.24) is 9.78 Å². The molecule has 4 nitrogen and oxygen atoms in total. The van der Waals surface area contributed by atoms with Crippen LogP contribution in [0.5, 0.6) is 0 Å². The third-order valence-corrected chi connectivity index (χ3v) is 4.71. The number of hydrogen-bond donors (Lipinski definition) is 0. The molecule has 0 spiro atoms. The molecule has 1 aromatic heterocycles. The molecule has 2 aromatic carbocycles. The summed E-state index contributed by atoms with van der Waals surface area (Å²) in [5.74, 6) is -0.0643. The molecule has 0 N–H and O–H groups in total. The second-order valence-corrected chi connectivity index (χ2v) is 6.75. The van der Waals surface area contributed by atoms with Crippen molar-refractivity contribution in [3.05, 3.63) is 76.6 Å². The maximum Gasteiger partial charge on any atom is 0.278 e. The van der Waals surface area contributed by atoms with Crippen molar-refractivity contribution in [3.8, 4) is 5.69 Å². The van der Waals surface area contributed by atoms with E-state index in [0.717, 1.165) is 30.8 Å². The molecule has 0 unspecified atom stereocenters. The minimum atomic E-state index is -0.0643. The summed E-state index contributed by atoms with van der Waals surface area (Å²) in [6, 6.07) is 15.4. The van der Waals surface area contributed by atoms with E-state index in [1.807, 2.05) is 35.2 Å². The molecule has 0 saturated heterocycles. The summed E-state index contributed by atoms with van der Waals surface area (Å²) in [4.78, 5) is 14.8. The van der Waals surface area contributed by atoms with Gasteiger partial charge in [-0.2, -0.15) is 5.10 Å². The second kappa shape index (κ2) is 6.37. The fourth-order valence-corrected chi connectivity index (χ4v) is 3.46. The number of halogens is 1. The highest BCUT2D eigenvalue weighted by molar-refractivity contribution is 6.30. The molecule has 0 radical (unpaired) electrons. The largest absolute Gasteiger partial charge is 0.307 e. The number of aromatic nitrogens is 2. The zero-order chi connectivity index (χ0) is 17.4. The zero-order valence-corrected chi connectivity index (χ0v) is 14.7. The molecule has 25 heavy (non-hydrogen) atoms. The van der Waals surface area contributed by atoms with Crippen molar-refractivity contribution in [1.29, 1.82) is 0 Å². The van der Waals surface area contributed by atoms with E-state index in [-0.39, 0.29) is 5.91 Å². The van der Waals surface area contributed by atoms with Crippen molar-refractivity contribution >= 4 is 23.2 Å². The SMILES string of the molecule is Cc1ccc2c(c1)CCCN2C(=O)c1ccn(-c2cccc(Cl)c2)n1. The number of amides is 1. The van der Waals surface area contributed by atoms with Crippen molar-refractivity contribution in [2.24, 2.45) is 0 Å². The van der Waals surface area contributed by atoms with E-state index in [9.17, 15) is 4.79 Å². The average Bonchev–Trinajstić information content (AvgIpc) is 3.10. The van der Waals surface area contributed by atoms with Crippen molar-refractivity contribution in [3.63, 3.8) is 0 Å². The van der Waals surface area contributed by atoms with Crippen LogP contribution in [0.3, 0.4) is 0 Å². The lowest BCUT2D eigenvalue weighted by atomic mass is 9.99. The quantitative estimate of drug-likeness (QED) is 0.685. The first kappa shape index (κ1) is 15.9. The molecule has 0 bridgehead atoms. The van der Waals surface area contributed by atoms with Gasteiger partial charge in [0.05, 0.1) is 5.69 Å². The first-order valence-corrected chi connectivity index (χ1v) is 8.72. The summed E-state index contributed by atoms with van der Waals surface area (Å²) in [5.41, 5.74) is 4.72. The number of nitrogens with zero attached hydrogens (tertiary/aromatic N) is 3. The van der Waals surface area contributed by atoms with Gasteiger partial charge in [-0.15, -0.1) is 0 Å². The van der Waals surface area contributed by atoms with Crippen LogP contribution < -0.4 is 4.90 Å². The lowest BCUT2D eigenvalue weighted by molar-refractivity contribution is 0.0980. The van der Waals surface area contributed by atoms with Crippen LogP contribution >= 0.6 is 11.6 Å². The molecular weight excluding hydrogens is 334 g/mol. The Kier molecular flexibility index (Phi) is 4.06. The van der Waals surface area contributed by atoms with Gasteiger partial charge in [0.2, 0.25) is 0 Å². The van der Waals surface area contributed by atoms with Crippen LogP contribution in [-0.2, 0) is 6.42 Å². The van der Waals surface area contributed by atoms with Gasteiger partial charge in [0.15, 0.2) is 5.69 Å². The van der Waals surface area contributed by atoms with Crippen molar-refractivity contribution in [2.45, 2.75) is 19.8 Å². The average molecular weight is 352 g/mol. The smallest absolute Gasteiger partial charge is 0.278 e. The van der Waals surface area contributed by atoms with Gasteiger partial charge >= 0.3 is 0 Å². The number of aryl methyl sites for hydroxylation is 2. The first-order chi connectivity index (χ1) is 12.1. The normalized spacial score (nSPS) is 13.6. The lowest BCUT2D eigenvalue weighted by Gasteiger charge is -2.29. The maximum absolute atomic E-state index is 13.0. The summed E-state index contributed by atoms with van der Waals surface area (Å²) in [6.45, 7) is 2.80. The first-order valence-electron chi connectivity index (χ1n) is 8.35. The predicted molar refractivity (Wildman–Crippen MR) is 99.8 cm³/mol. The fraction of sp³-hybridized carbons (Fsp3) is 0.200. The molecule has 1 aliphatic heterocycles. The van der Waals surface area contributed by atoms with Gasteiger partial charge in [-0.1, -0.05) is 35.4 Å². The molecule has 1 aliphatic rings. The number of benzene rings is 2. The van der Waals surface area contributed by atoms with E-state index < -0.39 is 0 Å². The number of carbonyl (C=O) groups is 1. The molecule has 4 rings (SSSR count). The van der Waals surface area contributed by atoms with Crippen LogP contribution in [-0.4, -0.2) is 22.2 Å². The Balaban J connectivity index is 1.65. The van der Waals surface area contributed by atoms with E-state index in [1.165, 1.54) is 11.1 Å². The Bertz CT molecular complexity index is 948. The Morgan fingerprint density at radius 2 is 2.04 bits per heavy atom. The number of rotatable bonds is 2. The third kappa shape index (κ3) is 3.05. The zero-order valence-electron chi connectivity index (χ0n) is 13.9. The molecule has 1 amide bonds. The van der Waals surface area contributed by atoms with Gasteiger partial charge in [0.25, 0.3) is 5.91 Å². The Hall–Kier alpha value is -2.59. The molecule has 5 heteroatoms. The summed E-state index contributed by atoms with van der Waals surface area (Å²) in [7, 11) is 0. The molecule has 0 saturated carbocycles. The Morgan fingerprint density at radius 1 is 1.16 bits per heavy atom. The van der Waals surface area contributed by atoms with Crippen LogP contribution in [0.2, 0.25) is 5.02 Å². The Labute approximate surface area is 151 Å². The molecule has 2 heterocycles. The minimum Gasteiger partial charge on any atom is -0.307 e. The van der Waals surface area contributed by atoms with E-state index in [2.05, 4.69) is 24.2 Å². The molecule has 0 atom stereocenters. The minimum absolute atomic E-state index is 0.0643. The van der Waals surface area contributed by atoms with Gasteiger partial charge in [-0.05, 0) is 55.7 Å². The van der Waals surface area contributed by atoms with Crippen LogP contribution in [0.4, 0.5) is 5.69 Å². The summed E-state index contributed by atoms with van der Waals surface area (Å²) in [5, 5.41) is 5.09. The van der Waals surface area contributed by atoms with Crippen LogP contribution in [0, 0.1) is 6.92 Å². The highest BCUT2D eigenvalue weighted by Gasteiger charge is 2.25. The molecule has 3 aromatic rings. The monoisotopic (exact) mass is 351 g/mol. The van der Waals surface area contributed by atoms with Crippen LogP contribution in [0.1, 0.15) is 28.0 Å². The highest BCUT2D eigenvalue weighted by atomic mass is 35.5. The molecule has 0 fully saturated rings. The van der Waals surface area contributed by atoms with E-state index in [4.69, 9.17) is 11.6 Å². The number of anilines is 1. The van der Waals surface area contributed by atoms with E-state index in [0.29, 0.717) is 10.7 Å². The summed E-state index contributed by atoms with van der Waals surface area (Å²) >= 11 is 6.04. The molecular formula is C20H18ClN3O. The van der Waals surface area contributed by atoms with Gasteiger partial charge in [0.1, 0.15) is 0 Å². The highest BCUT2D eigenvalue weighted by Crippen LogP contribution is 2.29. The van der Waals surface area contributed by atoms with Gasteiger partial charge in [-0.3, -0.25) is 4.79 Å². The maximum atomic E-state index is 13.0. The third-order valence-electron chi connectivity index (χ3n) is 4.48. The topological polar surface area (TPSA) is 38.1 Å². The Morgan fingerprint density at radius 3 is 2.88 bits per heavy atom. The van der Waals surface area contributed by atoms with Gasteiger partial charge in [0, 0.05) is 23.5 Å². The van der Waals surface area contributed by atoms with E-state index in [1.54, 1.807) is 16.9 Å². The number of hydrogen-bond acceptors (Lipinski definition) is 2. The standard InChI is InChI=1S/C20H18ClN3O/c1-14-7-8-19-15(12-14)4-3-10-23(19)20(25)18-9-11-24(22-18)17-6-2-5-16(21)13-17/h2,5-9,11-13H,3-4,10H2,1H3. The number of fused-ring (bicyclic) bond motifs is 1. The number of carbonyl (C=O) groups excluding carboxylic acids is 1. The van der Waals surface area contributed by atoms with E-state index >= 15 is 0 Å². The molecule has 0 aliphatic carbocycles. The lowest BCUT2D eigenvalue weighted by Crippen LogP contribution is -2.35. The van der Waals surface area contributed by atoms with Crippen LogP contribution in [0.25, 0.3) is 5.69 Å². The predicted octanol–water partition coefficient (Wildman–Crippen LogP) is 4.43. The summed E-state index contributed by atoms with van der Waals surface area (Å²) < 4.78 is 1.68. The van der Waals surface area contributed by atoms with Crippen molar-refractivity contribution < 1.29 is 4.79 Å². The fourth-order valence-electron chi connectivity index (χ4n) is 3.28.